The Morgan fingerprint density at radius 1 is 0.721 bits per heavy atom. The first kappa shape index (κ1) is 67.1. The van der Waals surface area contributed by atoms with Crippen molar-refractivity contribution in [3.8, 4) is 23.0 Å². The molecule has 21 nitrogen and oxygen atoms in total. The predicted octanol–water partition coefficient (Wildman–Crippen LogP) is 6.21. The van der Waals surface area contributed by atoms with Crippen LogP contribution >= 0.6 is 24.8 Å². The van der Waals surface area contributed by atoms with Gasteiger partial charge in [-0.05, 0) is 102 Å². The number of ether oxygens (including phenoxy) is 5. The van der Waals surface area contributed by atoms with Gasteiger partial charge in [0.05, 0.1) is 60.7 Å². The largest absolute Gasteiger partial charge is 0.497 e. The van der Waals surface area contributed by atoms with E-state index in [1.165, 1.54) is 4.90 Å². The first-order valence-electron chi connectivity index (χ1n) is 28.6. The number of nitrogens with one attached hydrogen (secondary N) is 3. The van der Waals surface area contributed by atoms with Crippen LogP contribution in [-0.2, 0) is 53.2 Å². The number of hydrogen-bond donors (Lipinski definition) is 3. The minimum atomic E-state index is -3.63. The normalized spacial score (nSPS) is 25.2. The first-order chi connectivity index (χ1) is 39.7. The number of likely N-dealkylation sites (tertiary alicyclic amines) is 1. The number of esters is 1. The summed E-state index contributed by atoms with van der Waals surface area (Å²) in [5.41, 5.74) is -1.95. The van der Waals surface area contributed by atoms with Crippen LogP contribution in [0.5, 0.6) is 23.0 Å². The number of halogens is 2. The van der Waals surface area contributed by atoms with Crippen molar-refractivity contribution in [3.63, 3.8) is 0 Å². The van der Waals surface area contributed by atoms with Gasteiger partial charge < -0.3 is 44.5 Å². The molecule has 86 heavy (non-hydrogen) atoms. The molecule has 4 aromatic rings. The zero-order chi connectivity index (χ0) is 60.7. The van der Waals surface area contributed by atoms with Crippen molar-refractivity contribution in [1.29, 1.82) is 0 Å². The topological polar surface area (TPSA) is 282 Å². The Bertz CT molecular complexity index is 3500. The molecule has 3 amide bonds. The van der Waals surface area contributed by atoms with Crippen LogP contribution in [-0.4, -0.2) is 157 Å². The molecule has 10 rings (SSSR count). The van der Waals surface area contributed by atoms with Gasteiger partial charge in [-0.25, -0.2) is 16.8 Å². The van der Waals surface area contributed by atoms with E-state index in [-0.39, 0.29) is 74.5 Å². The summed E-state index contributed by atoms with van der Waals surface area (Å²) in [4.78, 5) is 91.1. The van der Waals surface area contributed by atoms with Crippen LogP contribution in [0.3, 0.4) is 0 Å². The average Bonchev–Trinajstić information content (AvgIpc) is 1.68. The number of carbonyl (C=O) groups excluding carboxylic acids is 6. The smallest absolute Gasteiger partial charge is 0.307 e. The maximum absolute atomic E-state index is 14.3. The summed E-state index contributed by atoms with van der Waals surface area (Å²) < 4.78 is 78.9. The third-order valence-corrected chi connectivity index (χ3v) is 20.9. The fourth-order valence-corrected chi connectivity index (χ4v) is 14.7. The van der Waals surface area contributed by atoms with E-state index >= 15 is 0 Å². The fraction of sp³-hybridized carbons (Fsp3) is 0.541. The third-order valence-electron chi connectivity index (χ3n) is 16.6. The second kappa shape index (κ2) is 26.5. The van der Waals surface area contributed by atoms with Crippen molar-refractivity contribution >= 4 is 102 Å². The van der Waals surface area contributed by atoms with Gasteiger partial charge in [-0.3, -0.25) is 38.7 Å². The number of fused-ring (bicyclic) bond motifs is 2. The SMILES string of the molecule is C=C[C@@H]1C[C@]1(NC(=O)[C@@H]1C[C@@H](Oc2ccnc3cc(OC)ccc23)CN1)C(=O)CS(=O)(=O)C1CC1.C=C[C@@H]1C[C@]1(NC(=O)[C@@H]1C[C@@H](Oc2ccnc3cc(OC)ccc23)CN1C(=O)[C@@H](CC(=O)OC(C)(C)C)C(C)C)C(=O)CS(=O)(=O)C1CC1.Cl.Cl. The number of hydrogen-bond acceptors (Lipinski definition) is 18. The lowest BCUT2D eigenvalue weighted by Gasteiger charge is -2.31. The van der Waals surface area contributed by atoms with Crippen molar-refractivity contribution in [2.24, 2.45) is 23.7 Å². The van der Waals surface area contributed by atoms with Gasteiger partial charge in [0.25, 0.3) is 0 Å². The molecule has 2 aliphatic heterocycles. The summed E-state index contributed by atoms with van der Waals surface area (Å²) in [6.07, 6.45) is 8.73. The van der Waals surface area contributed by atoms with Crippen molar-refractivity contribution in [3.05, 3.63) is 86.2 Å². The lowest BCUT2D eigenvalue weighted by Crippen LogP contribution is -2.55. The Morgan fingerprint density at radius 2 is 1.20 bits per heavy atom. The highest BCUT2D eigenvalue weighted by molar-refractivity contribution is 7.93. The molecule has 0 bridgehead atoms. The Labute approximate surface area is 514 Å². The van der Waals surface area contributed by atoms with Crippen LogP contribution in [0.2, 0.25) is 0 Å². The molecule has 9 atom stereocenters. The van der Waals surface area contributed by atoms with Crippen LogP contribution in [0, 0.1) is 23.7 Å². The van der Waals surface area contributed by atoms with Gasteiger partial charge in [-0.2, -0.15) is 0 Å². The number of benzene rings is 2. The van der Waals surface area contributed by atoms with Crippen molar-refractivity contribution in [1.82, 2.24) is 30.8 Å². The highest BCUT2D eigenvalue weighted by Crippen LogP contribution is 2.48. The van der Waals surface area contributed by atoms with Gasteiger partial charge in [0.15, 0.2) is 31.2 Å². The van der Waals surface area contributed by atoms with Crippen molar-refractivity contribution < 1.29 is 69.3 Å². The summed E-state index contributed by atoms with van der Waals surface area (Å²) >= 11 is 0. The molecule has 0 radical (unpaired) electrons. The van der Waals surface area contributed by atoms with E-state index in [1.54, 1.807) is 83.8 Å². The summed E-state index contributed by atoms with van der Waals surface area (Å²) in [7, 11) is -3.93. The van der Waals surface area contributed by atoms with E-state index in [0.29, 0.717) is 79.0 Å². The monoisotopic (exact) mass is 1270 g/mol. The fourth-order valence-electron chi connectivity index (χ4n) is 11.3. The molecule has 0 unspecified atom stereocenters. The lowest BCUT2D eigenvalue weighted by atomic mass is 9.90. The molecule has 468 valence electrons. The standard InChI is InChI=1S/C36H47N3O9S.C25H29N3O6S.2ClH/c1-8-22-18-36(22,31(40)20-49(44,45)25-10-11-25)38-33(42)29-16-24(47-30-13-14-37-28-15-23(46-7)9-12-26(28)30)19-39(29)34(43)27(21(2)3)17-32(41)48-35(4,5)6;1-3-15-12-25(15,23(29)14-35(31,32)18-5-6-18)28-24(30)21-11-17(13-27-21)34-22-8-9-26-20-10-16(33-2)4-7-19(20)22;;/h8-9,12-15,21-22,24-25,27,29H,1,10-11,16-20H2,2-7H3,(H,38,42);3-4,7-10,15,17-18,21,27H,1,5-6,11-14H2,2H3,(H,28,30);2*1H/t22-,24-,27+,29+,36-;15-,17-,21+,25-;;/m11../s1. The molecule has 2 aromatic carbocycles. The highest BCUT2D eigenvalue weighted by Gasteiger charge is 2.62. The number of amides is 3. The zero-order valence-electron chi connectivity index (χ0n) is 49.4. The van der Waals surface area contributed by atoms with Crippen molar-refractivity contribution in [2.45, 2.75) is 144 Å². The van der Waals surface area contributed by atoms with E-state index in [1.807, 2.05) is 38.1 Å². The predicted molar refractivity (Wildman–Crippen MR) is 327 cm³/mol. The molecule has 2 aromatic heterocycles. The van der Waals surface area contributed by atoms with E-state index < -0.39 is 118 Å². The van der Waals surface area contributed by atoms with Crippen LogP contribution in [0.4, 0.5) is 0 Å². The number of nitrogens with zero attached hydrogens (tertiary/aromatic N) is 3. The Balaban J connectivity index is 0.000000253. The summed E-state index contributed by atoms with van der Waals surface area (Å²) in [5, 5.41) is 9.49. The molecule has 25 heteroatoms. The van der Waals surface area contributed by atoms with E-state index in [9.17, 15) is 45.6 Å². The van der Waals surface area contributed by atoms with Gasteiger partial charge in [0.1, 0.15) is 69.4 Å². The average molecular weight is 1270 g/mol. The molecular formula is C61H78Cl2N6O15S2. The second-order valence-corrected chi connectivity index (χ2v) is 28.9. The number of pyridine rings is 2. The molecule has 4 saturated carbocycles. The number of rotatable bonds is 24. The molecule has 6 aliphatic rings. The van der Waals surface area contributed by atoms with Gasteiger partial charge in [-0.1, -0.05) is 26.0 Å². The van der Waals surface area contributed by atoms with Gasteiger partial charge >= 0.3 is 5.97 Å². The van der Waals surface area contributed by atoms with Crippen LogP contribution in [0.15, 0.2) is 86.2 Å². The molecule has 4 heterocycles. The van der Waals surface area contributed by atoms with Gasteiger partial charge in [0.2, 0.25) is 17.7 Å². The second-order valence-electron chi connectivity index (χ2n) is 24.3. The number of methoxy groups -OCH3 is 2. The summed E-state index contributed by atoms with van der Waals surface area (Å²) in [6.45, 7) is 16.9. The summed E-state index contributed by atoms with van der Waals surface area (Å²) in [5.74, 6) is -3.35. The Hall–Kier alpha value is -6.40. The van der Waals surface area contributed by atoms with Gasteiger partial charge in [-0.15, -0.1) is 38.0 Å². The minimum Gasteiger partial charge on any atom is -0.497 e. The van der Waals surface area contributed by atoms with Crippen LogP contribution in [0.1, 0.15) is 92.4 Å². The molecule has 2 saturated heterocycles. The van der Waals surface area contributed by atoms with Crippen LogP contribution < -0.4 is 34.9 Å². The minimum absolute atomic E-state index is 0. The van der Waals surface area contributed by atoms with E-state index in [0.717, 1.165) is 10.9 Å². The highest BCUT2D eigenvalue weighted by atomic mass is 35.5. The maximum atomic E-state index is 14.3. The number of aromatic nitrogens is 2. The third kappa shape index (κ3) is 15.1. The Morgan fingerprint density at radius 3 is 1.63 bits per heavy atom. The molecule has 3 N–H and O–H groups in total. The zero-order valence-corrected chi connectivity index (χ0v) is 52.7. The molecule has 0 spiro atoms. The summed E-state index contributed by atoms with van der Waals surface area (Å²) in [6, 6.07) is 12.8. The van der Waals surface area contributed by atoms with Crippen molar-refractivity contribution in [2.75, 3.05) is 38.8 Å². The van der Waals surface area contributed by atoms with E-state index in [4.69, 9.17) is 23.7 Å². The number of sulfone groups is 2. The van der Waals surface area contributed by atoms with E-state index in [2.05, 4.69) is 39.1 Å². The number of carbonyl (C=O) groups is 6. The first-order valence-corrected chi connectivity index (χ1v) is 32.0. The quantitative estimate of drug-likeness (QED) is 0.0519. The molecule has 6 fully saturated rings. The lowest BCUT2D eigenvalue weighted by molar-refractivity contribution is -0.159. The molecular weight excluding hydrogens is 1190 g/mol. The number of Topliss-reactive ketones (excluding diaryl/α,β-unsaturated/α-hetero) is 2. The Kier molecular flexibility index (Phi) is 20.7. The molecule has 4 aliphatic carbocycles. The van der Waals surface area contributed by atoms with Gasteiger partial charge in [0, 0.05) is 66.5 Å². The van der Waals surface area contributed by atoms with Crippen LogP contribution in [0.25, 0.3) is 21.8 Å². The number of ketones is 2. The maximum Gasteiger partial charge on any atom is 0.307 e.